The molecule has 0 bridgehead atoms. The standard InChI is InChI=1S/C19H11N3O4S/c23-14(24)9-21-12-7-3-1-5-10(12)15(17(21)25)16-18(26)22-13-8-4-2-6-11(13)20-19(22)27-16/h1-8H,9H2,(H,23,24)/p-1/b16-15-. The SMILES string of the molecule is O=C([O-])CN1C(=O)/C(=c2\sc3nc4ccccc4n3c2=O)c2ccccc21. The van der Waals surface area contributed by atoms with Crippen LogP contribution in [-0.4, -0.2) is 27.8 Å². The number of carboxylic acids is 1. The summed E-state index contributed by atoms with van der Waals surface area (Å²) < 4.78 is 1.74. The summed E-state index contributed by atoms with van der Waals surface area (Å²) in [6.45, 7) is -0.570. The van der Waals surface area contributed by atoms with Gasteiger partial charge in [0.15, 0.2) is 4.96 Å². The Morgan fingerprint density at radius 1 is 1.07 bits per heavy atom. The van der Waals surface area contributed by atoms with E-state index < -0.39 is 18.4 Å². The van der Waals surface area contributed by atoms with E-state index in [1.165, 1.54) is 4.40 Å². The number of hydrogen-bond donors (Lipinski definition) is 0. The van der Waals surface area contributed by atoms with Crippen LogP contribution in [0, 0.1) is 0 Å². The van der Waals surface area contributed by atoms with Crippen molar-refractivity contribution in [2.45, 2.75) is 0 Å². The van der Waals surface area contributed by atoms with E-state index in [2.05, 4.69) is 4.98 Å². The molecule has 132 valence electrons. The van der Waals surface area contributed by atoms with Gasteiger partial charge in [-0.25, -0.2) is 9.38 Å². The summed E-state index contributed by atoms with van der Waals surface area (Å²) in [6.07, 6.45) is 0. The van der Waals surface area contributed by atoms with Gasteiger partial charge in [0.25, 0.3) is 11.5 Å². The number of anilines is 1. The molecule has 0 saturated heterocycles. The molecule has 8 heteroatoms. The molecule has 0 atom stereocenters. The number of aromatic nitrogens is 2. The van der Waals surface area contributed by atoms with Gasteiger partial charge >= 0.3 is 0 Å². The number of carbonyl (C=O) groups excluding carboxylic acids is 2. The second kappa shape index (κ2) is 5.49. The summed E-state index contributed by atoms with van der Waals surface area (Å²) in [7, 11) is 0. The summed E-state index contributed by atoms with van der Waals surface area (Å²) in [5.74, 6) is -1.89. The normalized spacial score (nSPS) is 15.7. The number of para-hydroxylation sites is 3. The molecule has 0 fully saturated rings. The van der Waals surface area contributed by atoms with Gasteiger partial charge in [-0.15, -0.1) is 0 Å². The third-order valence-corrected chi connectivity index (χ3v) is 5.60. The molecular weight excluding hydrogens is 366 g/mol. The van der Waals surface area contributed by atoms with E-state index in [0.29, 0.717) is 27.2 Å². The van der Waals surface area contributed by atoms with Crippen LogP contribution in [0.1, 0.15) is 5.56 Å². The highest BCUT2D eigenvalue weighted by Crippen LogP contribution is 2.34. The Hall–Kier alpha value is -3.52. The third-order valence-electron chi connectivity index (χ3n) is 4.56. The number of thiazole rings is 1. The largest absolute Gasteiger partial charge is 0.548 e. The van der Waals surface area contributed by atoms with Crippen molar-refractivity contribution in [3.8, 4) is 0 Å². The zero-order chi connectivity index (χ0) is 18.7. The number of aliphatic carboxylic acids is 1. The van der Waals surface area contributed by atoms with Gasteiger partial charge in [0.05, 0.1) is 34.8 Å². The summed E-state index contributed by atoms with van der Waals surface area (Å²) in [6, 6.07) is 14.1. The van der Waals surface area contributed by atoms with Crippen LogP contribution in [-0.2, 0) is 9.59 Å². The molecule has 5 rings (SSSR count). The van der Waals surface area contributed by atoms with Crippen molar-refractivity contribution < 1.29 is 14.7 Å². The maximum Gasteiger partial charge on any atom is 0.275 e. The number of carboxylic acid groups (broad SMARTS) is 1. The maximum absolute atomic E-state index is 13.1. The van der Waals surface area contributed by atoms with Crippen molar-refractivity contribution in [1.82, 2.24) is 9.38 Å². The molecule has 0 spiro atoms. The van der Waals surface area contributed by atoms with Crippen LogP contribution in [0.25, 0.3) is 21.6 Å². The van der Waals surface area contributed by atoms with Crippen molar-refractivity contribution in [3.63, 3.8) is 0 Å². The quantitative estimate of drug-likeness (QED) is 0.488. The summed E-state index contributed by atoms with van der Waals surface area (Å²) in [5, 5.41) is 11.1. The second-order valence-electron chi connectivity index (χ2n) is 6.11. The lowest BCUT2D eigenvalue weighted by Crippen LogP contribution is -2.40. The summed E-state index contributed by atoms with van der Waals surface area (Å²) in [4.78, 5) is 43.2. The molecular formula is C19H10N3O4S-. The molecule has 1 aliphatic rings. The molecule has 0 unspecified atom stereocenters. The first-order valence-electron chi connectivity index (χ1n) is 8.11. The van der Waals surface area contributed by atoms with Crippen LogP contribution in [0.15, 0.2) is 53.3 Å². The molecule has 0 radical (unpaired) electrons. The van der Waals surface area contributed by atoms with Crippen LogP contribution < -0.4 is 20.1 Å². The van der Waals surface area contributed by atoms with Crippen molar-refractivity contribution in [1.29, 1.82) is 0 Å². The Kier molecular flexibility index (Phi) is 3.19. The van der Waals surface area contributed by atoms with Gasteiger partial charge < -0.3 is 14.8 Å². The van der Waals surface area contributed by atoms with E-state index in [1.807, 2.05) is 18.2 Å². The number of fused-ring (bicyclic) bond motifs is 4. The Labute approximate surface area is 155 Å². The fourth-order valence-corrected chi connectivity index (χ4v) is 4.53. The molecule has 2 aromatic carbocycles. The average Bonchev–Trinajstić information content (AvgIpc) is 3.25. The van der Waals surface area contributed by atoms with E-state index in [0.717, 1.165) is 16.2 Å². The fourth-order valence-electron chi connectivity index (χ4n) is 3.45. The van der Waals surface area contributed by atoms with Gasteiger partial charge in [0, 0.05) is 5.56 Å². The van der Waals surface area contributed by atoms with Crippen molar-refractivity contribution >= 4 is 50.5 Å². The van der Waals surface area contributed by atoms with E-state index >= 15 is 0 Å². The average molecular weight is 376 g/mol. The number of carbonyl (C=O) groups is 2. The first-order chi connectivity index (χ1) is 13.1. The minimum atomic E-state index is -1.37. The topological polar surface area (TPSA) is 94.8 Å². The number of imidazole rings is 1. The number of rotatable bonds is 2. The summed E-state index contributed by atoms with van der Waals surface area (Å²) in [5.41, 5.74) is 2.24. The van der Waals surface area contributed by atoms with E-state index in [4.69, 9.17) is 0 Å². The molecule has 1 aliphatic heterocycles. The fraction of sp³-hybridized carbons (Fsp3) is 0.0526. The van der Waals surface area contributed by atoms with E-state index in [-0.39, 0.29) is 15.7 Å². The highest BCUT2D eigenvalue weighted by atomic mass is 32.1. The number of amides is 1. The van der Waals surface area contributed by atoms with Gasteiger partial charge in [0.1, 0.15) is 4.53 Å². The predicted molar refractivity (Wildman–Crippen MR) is 98.4 cm³/mol. The molecule has 2 aromatic heterocycles. The molecule has 27 heavy (non-hydrogen) atoms. The van der Waals surface area contributed by atoms with Crippen LogP contribution in [0.3, 0.4) is 0 Å². The highest BCUT2D eigenvalue weighted by Gasteiger charge is 2.34. The highest BCUT2D eigenvalue weighted by molar-refractivity contribution is 7.15. The lowest BCUT2D eigenvalue weighted by Gasteiger charge is -2.17. The maximum atomic E-state index is 13.1. The van der Waals surface area contributed by atoms with Crippen molar-refractivity contribution in [2.24, 2.45) is 0 Å². The van der Waals surface area contributed by atoms with E-state index in [9.17, 15) is 19.5 Å². The number of nitrogens with zero attached hydrogens (tertiary/aromatic N) is 3. The van der Waals surface area contributed by atoms with Crippen LogP contribution in [0.2, 0.25) is 0 Å². The number of benzene rings is 2. The van der Waals surface area contributed by atoms with Crippen LogP contribution in [0.4, 0.5) is 5.69 Å². The predicted octanol–water partition coefficient (Wildman–Crippen LogP) is -0.0764. The third kappa shape index (κ3) is 2.13. The van der Waals surface area contributed by atoms with Crippen LogP contribution in [0.5, 0.6) is 0 Å². The van der Waals surface area contributed by atoms with Gasteiger partial charge in [-0.05, 0) is 18.2 Å². The minimum absolute atomic E-state index is 0.205. The molecule has 7 nitrogen and oxygen atoms in total. The molecule has 3 heterocycles. The molecule has 0 saturated carbocycles. The number of hydrogen-bond acceptors (Lipinski definition) is 6. The Balaban J connectivity index is 1.87. The van der Waals surface area contributed by atoms with Gasteiger partial charge in [-0.3, -0.25) is 9.59 Å². The van der Waals surface area contributed by atoms with E-state index in [1.54, 1.807) is 30.3 Å². The first kappa shape index (κ1) is 15.7. The van der Waals surface area contributed by atoms with Crippen molar-refractivity contribution in [3.05, 3.63) is 69.0 Å². The summed E-state index contributed by atoms with van der Waals surface area (Å²) >= 11 is 1.13. The Bertz CT molecular complexity index is 1390. The van der Waals surface area contributed by atoms with Gasteiger partial charge in [-0.1, -0.05) is 41.7 Å². The smallest absolute Gasteiger partial charge is 0.275 e. The molecule has 1 amide bonds. The van der Waals surface area contributed by atoms with Gasteiger partial charge in [0.2, 0.25) is 0 Å². The first-order valence-corrected chi connectivity index (χ1v) is 8.93. The molecule has 0 N–H and O–H groups in total. The van der Waals surface area contributed by atoms with Crippen molar-refractivity contribution in [2.75, 3.05) is 11.4 Å². The molecule has 0 aliphatic carbocycles. The zero-order valence-electron chi connectivity index (χ0n) is 13.7. The lowest BCUT2D eigenvalue weighted by atomic mass is 10.1. The monoisotopic (exact) mass is 376 g/mol. The zero-order valence-corrected chi connectivity index (χ0v) is 14.5. The lowest BCUT2D eigenvalue weighted by molar-refractivity contribution is -0.303. The Morgan fingerprint density at radius 3 is 2.63 bits per heavy atom. The molecule has 4 aromatic rings. The van der Waals surface area contributed by atoms with Crippen LogP contribution >= 0.6 is 11.3 Å². The Morgan fingerprint density at radius 2 is 1.81 bits per heavy atom. The minimum Gasteiger partial charge on any atom is -0.548 e. The second-order valence-corrected chi connectivity index (χ2v) is 7.09. The van der Waals surface area contributed by atoms with Gasteiger partial charge in [-0.2, -0.15) is 0 Å².